The van der Waals surface area contributed by atoms with E-state index < -0.39 is 0 Å². The van der Waals surface area contributed by atoms with Gasteiger partial charge in [-0.3, -0.25) is 14.7 Å². The molecule has 2 rings (SSSR count). The standard InChI is InChI=1S/C24H41N5O2/c1-4-6-8-20(5-2)18-26-24(25-3)27-19-21-9-7-10-22(17-21)28-23(30)11-12-29-13-15-31-16-14-29/h7,9-10,17,20H,4-6,8,11-16,18-19H2,1-3H3,(H,28,30)(H2,25,26,27). The number of unbranched alkanes of at least 4 members (excludes halogenated alkanes) is 1. The van der Waals surface area contributed by atoms with Crippen molar-refractivity contribution in [3.8, 4) is 0 Å². The molecule has 0 bridgehead atoms. The summed E-state index contributed by atoms with van der Waals surface area (Å²) in [6.07, 6.45) is 5.44. The fraction of sp³-hybridized carbons (Fsp3) is 0.667. The van der Waals surface area contributed by atoms with Crippen molar-refractivity contribution in [3.05, 3.63) is 29.8 Å². The van der Waals surface area contributed by atoms with E-state index >= 15 is 0 Å². The van der Waals surface area contributed by atoms with Gasteiger partial charge in [0.05, 0.1) is 13.2 Å². The van der Waals surface area contributed by atoms with E-state index in [-0.39, 0.29) is 5.91 Å². The van der Waals surface area contributed by atoms with Crippen LogP contribution in [0.1, 0.15) is 51.5 Å². The zero-order valence-corrected chi connectivity index (χ0v) is 19.6. The van der Waals surface area contributed by atoms with Gasteiger partial charge in [0.2, 0.25) is 5.91 Å². The number of guanidine groups is 1. The second-order valence-corrected chi connectivity index (χ2v) is 8.18. The molecule has 1 saturated heterocycles. The average Bonchev–Trinajstić information content (AvgIpc) is 2.80. The Morgan fingerprint density at radius 3 is 2.74 bits per heavy atom. The molecule has 1 aliphatic heterocycles. The highest BCUT2D eigenvalue weighted by molar-refractivity contribution is 5.90. The Labute approximate surface area is 188 Å². The summed E-state index contributed by atoms with van der Waals surface area (Å²) in [7, 11) is 1.80. The number of carbonyl (C=O) groups excluding carboxylic acids is 1. The van der Waals surface area contributed by atoms with Crippen LogP contribution in [0.15, 0.2) is 29.3 Å². The van der Waals surface area contributed by atoms with Crippen molar-refractivity contribution < 1.29 is 9.53 Å². The summed E-state index contributed by atoms with van der Waals surface area (Å²) >= 11 is 0. The van der Waals surface area contributed by atoms with Crippen LogP contribution in [-0.2, 0) is 16.1 Å². The van der Waals surface area contributed by atoms with Gasteiger partial charge < -0.3 is 20.7 Å². The highest BCUT2D eigenvalue weighted by atomic mass is 16.5. The number of amides is 1. The highest BCUT2D eigenvalue weighted by Gasteiger charge is 2.12. The molecule has 1 unspecified atom stereocenters. The molecular formula is C24H41N5O2. The van der Waals surface area contributed by atoms with Crippen molar-refractivity contribution in [2.24, 2.45) is 10.9 Å². The van der Waals surface area contributed by atoms with Crippen molar-refractivity contribution in [1.29, 1.82) is 0 Å². The van der Waals surface area contributed by atoms with Gasteiger partial charge in [0.1, 0.15) is 0 Å². The van der Waals surface area contributed by atoms with E-state index in [4.69, 9.17) is 4.74 Å². The first kappa shape index (κ1) is 25.1. The largest absolute Gasteiger partial charge is 0.379 e. The van der Waals surface area contributed by atoms with E-state index in [9.17, 15) is 4.79 Å². The van der Waals surface area contributed by atoms with E-state index in [1.54, 1.807) is 7.05 Å². The molecule has 1 amide bonds. The number of aliphatic imine (C=N–C) groups is 1. The zero-order valence-electron chi connectivity index (χ0n) is 19.6. The molecule has 7 heteroatoms. The first-order valence-corrected chi connectivity index (χ1v) is 11.8. The van der Waals surface area contributed by atoms with Crippen LogP contribution in [0.4, 0.5) is 5.69 Å². The van der Waals surface area contributed by atoms with Crippen LogP contribution in [0.2, 0.25) is 0 Å². The number of morpholine rings is 1. The fourth-order valence-corrected chi connectivity index (χ4v) is 3.66. The Hall–Kier alpha value is -2.12. The third-order valence-electron chi connectivity index (χ3n) is 5.75. The van der Waals surface area contributed by atoms with Crippen LogP contribution in [0.3, 0.4) is 0 Å². The minimum Gasteiger partial charge on any atom is -0.379 e. The minimum atomic E-state index is 0.0479. The molecule has 0 spiro atoms. The lowest BCUT2D eigenvalue weighted by Gasteiger charge is -2.26. The Morgan fingerprint density at radius 1 is 1.23 bits per heavy atom. The van der Waals surface area contributed by atoms with Gasteiger partial charge >= 0.3 is 0 Å². The third-order valence-corrected chi connectivity index (χ3v) is 5.75. The van der Waals surface area contributed by atoms with Crippen molar-refractivity contribution in [2.45, 2.75) is 52.5 Å². The van der Waals surface area contributed by atoms with Gasteiger partial charge in [0.15, 0.2) is 5.96 Å². The van der Waals surface area contributed by atoms with E-state index in [1.165, 1.54) is 25.7 Å². The van der Waals surface area contributed by atoms with Gasteiger partial charge in [-0.05, 0) is 30.0 Å². The molecule has 1 heterocycles. The summed E-state index contributed by atoms with van der Waals surface area (Å²) in [4.78, 5) is 18.9. The van der Waals surface area contributed by atoms with Gasteiger partial charge in [-0.2, -0.15) is 0 Å². The summed E-state index contributed by atoms with van der Waals surface area (Å²) in [6.45, 7) is 10.2. The maximum atomic E-state index is 12.3. The molecule has 1 fully saturated rings. The number of hydrogen-bond donors (Lipinski definition) is 3. The van der Waals surface area contributed by atoms with Crippen molar-refractivity contribution in [3.63, 3.8) is 0 Å². The summed E-state index contributed by atoms with van der Waals surface area (Å²) < 4.78 is 5.35. The van der Waals surface area contributed by atoms with E-state index in [0.717, 1.165) is 56.6 Å². The molecule has 0 aliphatic carbocycles. The molecule has 31 heavy (non-hydrogen) atoms. The number of nitrogens with one attached hydrogen (secondary N) is 3. The number of carbonyl (C=O) groups is 1. The molecule has 174 valence electrons. The summed E-state index contributed by atoms with van der Waals surface area (Å²) in [6, 6.07) is 7.98. The SMILES string of the molecule is CCCCC(CC)CNC(=NC)NCc1cccc(NC(=O)CCN2CCOCC2)c1. The first-order chi connectivity index (χ1) is 15.1. The number of rotatable bonds is 12. The number of ether oxygens (including phenoxy) is 1. The van der Waals surface area contributed by atoms with Crippen LogP contribution in [0, 0.1) is 5.92 Å². The lowest BCUT2D eigenvalue weighted by Crippen LogP contribution is -2.39. The lowest BCUT2D eigenvalue weighted by molar-refractivity contribution is -0.116. The van der Waals surface area contributed by atoms with Gasteiger partial charge in [-0.1, -0.05) is 45.2 Å². The molecule has 1 atom stereocenters. The Balaban J connectivity index is 1.75. The lowest BCUT2D eigenvalue weighted by atomic mass is 9.99. The Morgan fingerprint density at radius 2 is 2.03 bits per heavy atom. The van der Waals surface area contributed by atoms with Crippen LogP contribution in [-0.4, -0.2) is 63.2 Å². The molecule has 0 saturated carbocycles. The normalized spacial score (nSPS) is 16.0. The second-order valence-electron chi connectivity index (χ2n) is 8.18. The van der Waals surface area contributed by atoms with Gasteiger partial charge in [-0.25, -0.2) is 0 Å². The van der Waals surface area contributed by atoms with Gasteiger partial charge in [0.25, 0.3) is 0 Å². The summed E-state index contributed by atoms with van der Waals surface area (Å²) in [5.41, 5.74) is 1.94. The highest BCUT2D eigenvalue weighted by Crippen LogP contribution is 2.12. The second kappa shape index (κ2) is 14.8. The third kappa shape index (κ3) is 10.2. The number of nitrogens with zero attached hydrogens (tertiary/aromatic N) is 2. The Bertz CT molecular complexity index is 674. The van der Waals surface area contributed by atoms with Crippen LogP contribution >= 0.6 is 0 Å². The Kier molecular flexibility index (Phi) is 12.0. The van der Waals surface area contributed by atoms with E-state index in [0.29, 0.717) is 18.9 Å². The van der Waals surface area contributed by atoms with Gasteiger partial charge in [-0.15, -0.1) is 0 Å². The molecule has 1 aromatic carbocycles. The predicted molar refractivity (Wildman–Crippen MR) is 128 cm³/mol. The van der Waals surface area contributed by atoms with E-state index in [1.807, 2.05) is 18.2 Å². The molecule has 7 nitrogen and oxygen atoms in total. The van der Waals surface area contributed by atoms with Crippen LogP contribution in [0.25, 0.3) is 0 Å². The maximum absolute atomic E-state index is 12.3. The number of hydrogen-bond acceptors (Lipinski definition) is 4. The first-order valence-electron chi connectivity index (χ1n) is 11.8. The molecule has 1 aliphatic rings. The van der Waals surface area contributed by atoms with Gasteiger partial charge in [0, 0.05) is 51.9 Å². The van der Waals surface area contributed by atoms with Crippen molar-refractivity contribution in [1.82, 2.24) is 15.5 Å². The topological polar surface area (TPSA) is 78.0 Å². The van der Waals surface area contributed by atoms with E-state index in [2.05, 4.69) is 45.8 Å². The average molecular weight is 432 g/mol. The quantitative estimate of drug-likeness (QED) is 0.350. The molecule has 1 aromatic rings. The maximum Gasteiger partial charge on any atom is 0.225 e. The molecule has 0 aromatic heterocycles. The number of anilines is 1. The molecule has 3 N–H and O–H groups in total. The smallest absolute Gasteiger partial charge is 0.225 e. The summed E-state index contributed by atoms with van der Waals surface area (Å²) in [5, 5.41) is 9.85. The van der Waals surface area contributed by atoms with Crippen molar-refractivity contribution in [2.75, 3.05) is 51.8 Å². The molecule has 0 radical (unpaired) electrons. The zero-order chi connectivity index (χ0) is 22.3. The fourth-order valence-electron chi connectivity index (χ4n) is 3.66. The monoisotopic (exact) mass is 431 g/mol. The van der Waals surface area contributed by atoms with Crippen LogP contribution in [0.5, 0.6) is 0 Å². The number of benzene rings is 1. The predicted octanol–water partition coefficient (Wildman–Crippen LogP) is 3.23. The van der Waals surface area contributed by atoms with Crippen molar-refractivity contribution >= 4 is 17.6 Å². The molecular weight excluding hydrogens is 390 g/mol. The minimum absolute atomic E-state index is 0.0479. The summed E-state index contributed by atoms with van der Waals surface area (Å²) in [5.74, 6) is 1.54. The van der Waals surface area contributed by atoms with Crippen LogP contribution < -0.4 is 16.0 Å².